The summed E-state index contributed by atoms with van der Waals surface area (Å²) in [6.07, 6.45) is 0. The second-order valence-corrected chi connectivity index (χ2v) is 5.16. The summed E-state index contributed by atoms with van der Waals surface area (Å²) in [6, 6.07) is 10.5. The third kappa shape index (κ3) is 4.94. The Morgan fingerprint density at radius 1 is 1.08 bits per heavy atom. The maximum Gasteiger partial charge on any atom is 0.271 e. The maximum absolute atomic E-state index is 12.1. The summed E-state index contributed by atoms with van der Waals surface area (Å²) in [6.45, 7) is 1.00. The molecule has 0 atom stereocenters. The van der Waals surface area contributed by atoms with Gasteiger partial charge in [0, 0.05) is 19.1 Å². The van der Waals surface area contributed by atoms with E-state index in [0.29, 0.717) is 11.4 Å². The number of rotatable bonds is 7. The molecule has 26 heavy (non-hydrogen) atoms. The first kappa shape index (κ1) is 18.7. The molecule has 0 aliphatic heterocycles. The fourth-order valence-electron chi connectivity index (χ4n) is 2.12. The van der Waals surface area contributed by atoms with Gasteiger partial charge in [0.2, 0.25) is 5.91 Å². The number of anilines is 2. The average Bonchev–Trinajstić information content (AvgIpc) is 2.60. The quantitative estimate of drug-likeness (QED) is 0.579. The van der Waals surface area contributed by atoms with E-state index in [0.717, 1.165) is 0 Å². The number of carbonyl (C=O) groups excluding carboxylic acids is 2. The molecule has 0 aliphatic rings. The lowest BCUT2D eigenvalue weighted by molar-refractivity contribution is -0.384. The second-order valence-electron chi connectivity index (χ2n) is 5.16. The van der Waals surface area contributed by atoms with Crippen LogP contribution >= 0.6 is 0 Å². The highest BCUT2D eigenvalue weighted by molar-refractivity contribution is 5.94. The number of non-ortho nitro benzene ring substituents is 1. The predicted octanol–water partition coefficient (Wildman–Crippen LogP) is 2.58. The van der Waals surface area contributed by atoms with Crippen molar-refractivity contribution < 1.29 is 24.0 Å². The predicted molar refractivity (Wildman–Crippen MR) is 94.5 cm³/mol. The minimum absolute atomic E-state index is 0.158. The number of nitrogens with one attached hydrogen (secondary N) is 2. The lowest BCUT2D eigenvalue weighted by atomic mass is 10.2. The standard InChI is InChI=1S/C17H17N3O6/c1-11(21)18-13-5-3-4-6-16(13)26-10-17(22)19-14-9-12(20(23)24)7-8-15(14)25-2/h3-9H,10H2,1-2H3,(H,18,21)(H,19,22). The molecule has 9 heteroatoms. The Hall–Kier alpha value is -3.62. The van der Waals surface area contributed by atoms with E-state index in [1.54, 1.807) is 24.3 Å². The van der Waals surface area contributed by atoms with Crippen molar-refractivity contribution in [1.82, 2.24) is 0 Å². The van der Waals surface area contributed by atoms with Gasteiger partial charge in [0.15, 0.2) is 6.61 Å². The molecular weight excluding hydrogens is 342 g/mol. The molecule has 0 fully saturated rings. The summed E-state index contributed by atoms with van der Waals surface area (Å²) in [5, 5.41) is 16.0. The van der Waals surface area contributed by atoms with E-state index in [2.05, 4.69) is 10.6 Å². The van der Waals surface area contributed by atoms with Crippen LogP contribution in [0.2, 0.25) is 0 Å². The molecule has 136 valence electrons. The molecule has 2 amide bonds. The molecule has 0 saturated heterocycles. The van der Waals surface area contributed by atoms with Gasteiger partial charge in [-0.1, -0.05) is 12.1 Å². The monoisotopic (exact) mass is 359 g/mol. The van der Waals surface area contributed by atoms with Crippen LogP contribution in [0.25, 0.3) is 0 Å². The Morgan fingerprint density at radius 2 is 1.81 bits per heavy atom. The number of amides is 2. The molecule has 0 radical (unpaired) electrons. The average molecular weight is 359 g/mol. The van der Waals surface area contributed by atoms with E-state index in [4.69, 9.17) is 9.47 Å². The van der Waals surface area contributed by atoms with Crippen LogP contribution in [0.1, 0.15) is 6.92 Å². The molecule has 0 bridgehead atoms. The molecule has 0 aliphatic carbocycles. The number of methoxy groups -OCH3 is 1. The van der Waals surface area contributed by atoms with Crippen molar-refractivity contribution >= 4 is 28.9 Å². The first-order valence-corrected chi connectivity index (χ1v) is 7.52. The van der Waals surface area contributed by atoms with Crippen LogP contribution in [-0.2, 0) is 9.59 Å². The van der Waals surface area contributed by atoms with E-state index in [-0.39, 0.29) is 29.6 Å². The molecule has 2 aromatic carbocycles. The highest BCUT2D eigenvalue weighted by Crippen LogP contribution is 2.29. The number of nitrogens with zero attached hydrogens (tertiary/aromatic N) is 1. The summed E-state index contributed by atoms with van der Waals surface area (Å²) in [5.41, 5.74) is 0.407. The Morgan fingerprint density at radius 3 is 2.46 bits per heavy atom. The fourth-order valence-corrected chi connectivity index (χ4v) is 2.12. The van der Waals surface area contributed by atoms with Crippen molar-refractivity contribution in [2.24, 2.45) is 0 Å². The lowest BCUT2D eigenvalue weighted by Gasteiger charge is -2.13. The van der Waals surface area contributed by atoms with Crippen LogP contribution in [0.3, 0.4) is 0 Å². The van der Waals surface area contributed by atoms with Gasteiger partial charge in [0.05, 0.1) is 23.4 Å². The zero-order valence-electron chi connectivity index (χ0n) is 14.1. The summed E-state index contributed by atoms with van der Waals surface area (Å²) >= 11 is 0. The smallest absolute Gasteiger partial charge is 0.271 e. The Kier molecular flexibility index (Phi) is 6.10. The van der Waals surface area contributed by atoms with Crippen LogP contribution in [0.15, 0.2) is 42.5 Å². The van der Waals surface area contributed by atoms with Crippen molar-refractivity contribution in [2.45, 2.75) is 6.92 Å². The van der Waals surface area contributed by atoms with E-state index < -0.39 is 10.8 Å². The SMILES string of the molecule is COc1ccc([N+](=O)[O-])cc1NC(=O)COc1ccccc1NC(C)=O. The van der Waals surface area contributed by atoms with Gasteiger partial charge in [-0.3, -0.25) is 19.7 Å². The van der Waals surface area contributed by atoms with Gasteiger partial charge in [0.1, 0.15) is 11.5 Å². The molecule has 9 nitrogen and oxygen atoms in total. The van der Waals surface area contributed by atoms with Gasteiger partial charge in [-0.25, -0.2) is 0 Å². The Labute approximate surface area is 149 Å². The van der Waals surface area contributed by atoms with Crippen molar-refractivity contribution in [3.05, 3.63) is 52.6 Å². The highest BCUT2D eigenvalue weighted by atomic mass is 16.6. The van der Waals surface area contributed by atoms with E-state index >= 15 is 0 Å². The lowest BCUT2D eigenvalue weighted by Crippen LogP contribution is -2.21. The molecule has 0 heterocycles. The van der Waals surface area contributed by atoms with Crippen molar-refractivity contribution in [3.63, 3.8) is 0 Å². The molecule has 2 aromatic rings. The Balaban J connectivity index is 2.07. The summed E-state index contributed by atoms with van der Waals surface area (Å²) in [4.78, 5) is 33.6. The number of hydrogen-bond acceptors (Lipinski definition) is 6. The van der Waals surface area contributed by atoms with Gasteiger partial charge in [0.25, 0.3) is 11.6 Å². The van der Waals surface area contributed by atoms with E-state index in [1.807, 2.05) is 0 Å². The number of carbonyl (C=O) groups is 2. The van der Waals surface area contributed by atoms with E-state index in [9.17, 15) is 19.7 Å². The first-order valence-electron chi connectivity index (χ1n) is 7.52. The molecule has 2 rings (SSSR count). The van der Waals surface area contributed by atoms with Crippen molar-refractivity contribution in [2.75, 3.05) is 24.4 Å². The van der Waals surface area contributed by atoms with Gasteiger partial charge < -0.3 is 20.1 Å². The summed E-state index contributed by atoms with van der Waals surface area (Å²) in [5.74, 6) is -0.209. The maximum atomic E-state index is 12.1. The summed E-state index contributed by atoms with van der Waals surface area (Å²) < 4.78 is 10.5. The Bertz CT molecular complexity index is 837. The van der Waals surface area contributed by atoms with E-state index in [1.165, 1.54) is 32.2 Å². The zero-order chi connectivity index (χ0) is 19.1. The zero-order valence-corrected chi connectivity index (χ0v) is 14.1. The second kappa shape index (κ2) is 8.47. The molecule has 2 N–H and O–H groups in total. The van der Waals surface area contributed by atoms with Crippen LogP contribution in [-0.4, -0.2) is 30.5 Å². The topological polar surface area (TPSA) is 120 Å². The molecule has 0 spiro atoms. The molecule has 0 saturated carbocycles. The fraction of sp³-hybridized carbons (Fsp3) is 0.176. The van der Waals surface area contributed by atoms with Gasteiger partial charge in [-0.05, 0) is 18.2 Å². The number of para-hydroxylation sites is 2. The third-order valence-electron chi connectivity index (χ3n) is 3.22. The van der Waals surface area contributed by atoms with Crippen LogP contribution in [0, 0.1) is 10.1 Å². The number of nitro benzene ring substituents is 1. The van der Waals surface area contributed by atoms with Crippen molar-refractivity contribution in [1.29, 1.82) is 0 Å². The van der Waals surface area contributed by atoms with Gasteiger partial charge >= 0.3 is 0 Å². The first-order chi connectivity index (χ1) is 12.4. The van der Waals surface area contributed by atoms with Crippen LogP contribution < -0.4 is 20.1 Å². The molecule has 0 unspecified atom stereocenters. The van der Waals surface area contributed by atoms with Gasteiger partial charge in [-0.15, -0.1) is 0 Å². The largest absolute Gasteiger partial charge is 0.495 e. The minimum atomic E-state index is -0.574. The minimum Gasteiger partial charge on any atom is -0.495 e. The number of nitro groups is 1. The molecular formula is C17H17N3O6. The number of hydrogen-bond donors (Lipinski definition) is 2. The number of ether oxygens (including phenoxy) is 2. The number of benzene rings is 2. The molecule has 0 aromatic heterocycles. The van der Waals surface area contributed by atoms with Crippen LogP contribution in [0.5, 0.6) is 11.5 Å². The van der Waals surface area contributed by atoms with Gasteiger partial charge in [-0.2, -0.15) is 0 Å². The van der Waals surface area contributed by atoms with Crippen molar-refractivity contribution in [3.8, 4) is 11.5 Å². The summed E-state index contributed by atoms with van der Waals surface area (Å²) in [7, 11) is 1.39. The van der Waals surface area contributed by atoms with Crippen LogP contribution in [0.4, 0.5) is 17.1 Å². The highest BCUT2D eigenvalue weighted by Gasteiger charge is 2.14. The normalized spacial score (nSPS) is 9.92. The third-order valence-corrected chi connectivity index (χ3v) is 3.22.